The molecule has 0 bridgehead atoms. The van der Waals surface area contributed by atoms with E-state index >= 15 is 0 Å². The van der Waals surface area contributed by atoms with Crippen LogP contribution in [0, 0.1) is 0 Å². The first kappa shape index (κ1) is 12.0. The van der Waals surface area contributed by atoms with Crippen LogP contribution in [-0.2, 0) is 0 Å². The number of nitrogens with zero attached hydrogens (tertiary/aromatic N) is 1. The molecule has 1 rings (SSSR count). The van der Waals surface area contributed by atoms with Gasteiger partial charge in [-0.25, -0.2) is 0 Å². The van der Waals surface area contributed by atoms with Gasteiger partial charge in [-0.15, -0.1) is 0 Å². The van der Waals surface area contributed by atoms with Gasteiger partial charge in [-0.1, -0.05) is 13.8 Å². The molecule has 0 amide bonds. The standard InChI is InChI=1S/C12H26N2/c1-6-11-9-14(10(3)8-13-11)12(4,5)7-2/h10-11,13H,6-9H2,1-5H3. The van der Waals surface area contributed by atoms with E-state index in [-0.39, 0.29) is 0 Å². The second kappa shape index (κ2) is 4.63. The van der Waals surface area contributed by atoms with Gasteiger partial charge in [0.15, 0.2) is 0 Å². The molecule has 1 saturated heterocycles. The maximum atomic E-state index is 3.60. The smallest absolute Gasteiger partial charge is 0.0198 e. The average Bonchev–Trinajstić information content (AvgIpc) is 2.18. The minimum atomic E-state index is 0.356. The van der Waals surface area contributed by atoms with E-state index in [0.29, 0.717) is 17.6 Å². The van der Waals surface area contributed by atoms with Crippen LogP contribution >= 0.6 is 0 Å². The second-order valence-corrected chi connectivity index (χ2v) is 5.18. The first-order chi connectivity index (χ1) is 6.51. The Hall–Kier alpha value is -0.0800. The summed E-state index contributed by atoms with van der Waals surface area (Å²) in [5.41, 5.74) is 0.356. The van der Waals surface area contributed by atoms with E-state index in [1.165, 1.54) is 19.4 Å². The van der Waals surface area contributed by atoms with E-state index < -0.39 is 0 Å². The molecule has 0 aromatic carbocycles. The molecular weight excluding hydrogens is 172 g/mol. The van der Waals surface area contributed by atoms with E-state index in [4.69, 9.17) is 0 Å². The van der Waals surface area contributed by atoms with E-state index in [1.54, 1.807) is 0 Å². The van der Waals surface area contributed by atoms with E-state index in [1.807, 2.05) is 0 Å². The van der Waals surface area contributed by atoms with Crippen molar-refractivity contribution in [3.8, 4) is 0 Å². The summed E-state index contributed by atoms with van der Waals surface area (Å²) in [5.74, 6) is 0. The van der Waals surface area contributed by atoms with Crippen molar-refractivity contribution in [2.45, 2.75) is 65.1 Å². The average molecular weight is 198 g/mol. The summed E-state index contributed by atoms with van der Waals surface area (Å²) in [6.07, 6.45) is 2.47. The summed E-state index contributed by atoms with van der Waals surface area (Å²) in [6, 6.07) is 1.37. The van der Waals surface area contributed by atoms with Gasteiger partial charge >= 0.3 is 0 Å². The van der Waals surface area contributed by atoms with Crippen molar-refractivity contribution in [2.24, 2.45) is 0 Å². The molecule has 2 unspecified atom stereocenters. The third-order valence-electron chi connectivity index (χ3n) is 3.79. The number of rotatable bonds is 3. The van der Waals surface area contributed by atoms with Crippen molar-refractivity contribution in [1.82, 2.24) is 10.2 Å². The molecule has 84 valence electrons. The highest BCUT2D eigenvalue weighted by Crippen LogP contribution is 2.24. The fourth-order valence-electron chi connectivity index (χ4n) is 2.25. The Kier molecular flexibility index (Phi) is 3.96. The molecule has 1 aliphatic heterocycles. The van der Waals surface area contributed by atoms with Gasteiger partial charge in [-0.3, -0.25) is 4.90 Å². The first-order valence-electron chi connectivity index (χ1n) is 6.01. The Labute approximate surface area is 89.1 Å². The molecule has 1 N–H and O–H groups in total. The third-order valence-corrected chi connectivity index (χ3v) is 3.79. The summed E-state index contributed by atoms with van der Waals surface area (Å²) >= 11 is 0. The molecule has 0 aromatic rings. The van der Waals surface area contributed by atoms with Crippen LogP contribution in [-0.4, -0.2) is 35.6 Å². The molecular formula is C12H26N2. The van der Waals surface area contributed by atoms with Gasteiger partial charge < -0.3 is 5.32 Å². The highest BCUT2D eigenvalue weighted by Gasteiger charge is 2.33. The monoisotopic (exact) mass is 198 g/mol. The van der Waals surface area contributed by atoms with Crippen LogP contribution in [0.25, 0.3) is 0 Å². The third kappa shape index (κ3) is 2.48. The fourth-order valence-corrected chi connectivity index (χ4v) is 2.25. The lowest BCUT2D eigenvalue weighted by Gasteiger charge is -2.47. The summed E-state index contributed by atoms with van der Waals surface area (Å²) in [5, 5.41) is 3.60. The SMILES string of the molecule is CCC1CN(C(C)(C)CC)C(C)CN1. The quantitative estimate of drug-likeness (QED) is 0.748. The Balaban J connectivity index is 2.65. The first-order valence-corrected chi connectivity index (χ1v) is 6.01. The van der Waals surface area contributed by atoms with Crippen LogP contribution in [0.3, 0.4) is 0 Å². The van der Waals surface area contributed by atoms with Crippen LogP contribution in [0.5, 0.6) is 0 Å². The molecule has 0 aliphatic carbocycles. The van der Waals surface area contributed by atoms with Crippen LogP contribution in [0.4, 0.5) is 0 Å². The summed E-state index contributed by atoms with van der Waals surface area (Å²) in [6.45, 7) is 14.0. The Morgan fingerprint density at radius 3 is 2.50 bits per heavy atom. The van der Waals surface area contributed by atoms with Gasteiger partial charge in [0.1, 0.15) is 0 Å². The molecule has 0 radical (unpaired) electrons. The van der Waals surface area contributed by atoms with Crippen LogP contribution in [0.15, 0.2) is 0 Å². The number of hydrogen-bond acceptors (Lipinski definition) is 2. The van der Waals surface area contributed by atoms with Crippen LogP contribution in [0.2, 0.25) is 0 Å². The number of nitrogens with one attached hydrogen (secondary N) is 1. The molecule has 0 saturated carbocycles. The van der Waals surface area contributed by atoms with Crippen molar-refractivity contribution >= 4 is 0 Å². The zero-order chi connectivity index (χ0) is 10.8. The molecule has 14 heavy (non-hydrogen) atoms. The summed E-state index contributed by atoms with van der Waals surface area (Å²) in [7, 11) is 0. The Bertz CT molecular complexity index is 177. The van der Waals surface area contributed by atoms with Crippen molar-refractivity contribution in [3.63, 3.8) is 0 Å². The van der Waals surface area contributed by atoms with Gasteiger partial charge in [-0.05, 0) is 33.6 Å². The Morgan fingerprint density at radius 1 is 1.36 bits per heavy atom. The predicted molar refractivity (Wildman–Crippen MR) is 62.6 cm³/mol. The lowest BCUT2D eigenvalue weighted by molar-refractivity contribution is 0.0353. The fraction of sp³-hybridized carbons (Fsp3) is 1.00. The Morgan fingerprint density at radius 2 is 2.00 bits per heavy atom. The largest absolute Gasteiger partial charge is 0.311 e. The van der Waals surface area contributed by atoms with Gasteiger partial charge in [0, 0.05) is 30.7 Å². The minimum absolute atomic E-state index is 0.356. The van der Waals surface area contributed by atoms with E-state index in [2.05, 4.69) is 44.8 Å². The molecule has 1 heterocycles. The predicted octanol–water partition coefficient (Wildman–Crippen LogP) is 2.25. The molecule has 2 atom stereocenters. The van der Waals surface area contributed by atoms with Crippen LogP contribution in [0.1, 0.15) is 47.5 Å². The van der Waals surface area contributed by atoms with Gasteiger partial charge in [0.2, 0.25) is 0 Å². The summed E-state index contributed by atoms with van der Waals surface area (Å²) < 4.78 is 0. The maximum absolute atomic E-state index is 3.60. The van der Waals surface area contributed by atoms with Crippen molar-refractivity contribution in [3.05, 3.63) is 0 Å². The van der Waals surface area contributed by atoms with Gasteiger partial charge in [0.05, 0.1) is 0 Å². The lowest BCUT2D eigenvalue weighted by atomic mass is 9.94. The highest BCUT2D eigenvalue weighted by molar-refractivity contribution is 4.91. The zero-order valence-corrected chi connectivity index (χ0v) is 10.4. The molecule has 1 fully saturated rings. The van der Waals surface area contributed by atoms with E-state index in [9.17, 15) is 0 Å². The second-order valence-electron chi connectivity index (χ2n) is 5.18. The van der Waals surface area contributed by atoms with Crippen molar-refractivity contribution in [1.29, 1.82) is 0 Å². The summed E-state index contributed by atoms with van der Waals surface area (Å²) in [4.78, 5) is 2.66. The minimum Gasteiger partial charge on any atom is -0.311 e. The molecule has 0 aromatic heterocycles. The highest BCUT2D eigenvalue weighted by atomic mass is 15.3. The zero-order valence-electron chi connectivity index (χ0n) is 10.4. The van der Waals surface area contributed by atoms with Gasteiger partial charge in [0.25, 0.3) is 0 Å². The van der Waals surface area contributed by atoms with Crippen molar-refractivity contribution < 1.29 is 0 Å². The van der Waals surface area contributed by atoms with E-state index in [0.717, 1.165) is 6.54 Å². The van der Waals surface area contributed by atoms with Gasteiger partial charge in [-0.2, -0.15) is 0 Å². The molecule has 0 spiro atoms. The van der Waals surface area contributed by atoms with Crippen molar-refractivity contribution in [2.75, 3.05) is 13.1 Å². The lowest BCUT2D eigenvalue weighted by Crippen LogP contribution is -2.61. The normalized spacial score (nSPS) is 30.6. The number of piperazine rings is 1. The molecule has 1 aliphatic rings. The topological polar surface area (TPSA) is 15.3 Å². The number of hydrogen-bond donors (Lipinski definition) is 1. The maximum Gasteiger partial charge on any atom is 0.0198 e. The molecule has 2 heteroatoms. The van der Waals surface area contributed by atoms with Crippen LogP contribution < -0.4 is 5.32 Å². The molecule has 2 nitrogen and oxygen atoms in total.